The van der Waals surface area contributed by atoms with Crippen LogP contribution in [-0.2, 0) is 23.7 Å². The van der Waals surface area contributed by atoms with Crippen molar-refractivity contribution in [1.82, 2.24) is 9.80 Å². The molecule has 8 heteroatoms. The van der Waals surface area contributed by atoms with E-state index in [1.54, 1.807) is 0 Å². The SMILES string of the molecule is C.C.C.C.C.C.CC.CN1CCOCOCCN(COCN)COCOC1. The highest BCUT2D eigenvalue weighted by Gasteiger charge is 2.06. The van der Waals surface area contributed by atoms with Crippen LogP contribution in [-0.4, -0.2) is 83.7 Å². The van der Waals surface area contributed by atoms with Crippen LogP contribution in [0.3, 0.4) is 0 Å². The van der Waals surface area contributed by atoms with Crippen LogP contribution in [0.15, 0.2) is 0 Å². The Balaban J connectivity index is -0.0000000966. The summed E-state index contributed by atoms with van der Waals surface area (Å²) >= 11 is 0. The van der Waals surface area contributed by atoms with E-state index in [1.165, 1.54) is 0 Å². The predicted octanol–water partition coefficient (Wildman–Crippen LogP) is 3.86. The van der Waals surface area contributed by atoms with E-state index in [2.05, 4.69) is 0 Å². The molecule has 0 radical (unpaired) electrons. The van der Waals surface area contributed by atoms with Crippen molar-refractivity contribution in [2.45, 2.75) is 58.4 Å². The number of ether oxygens (including phenoxy) is 5. The second kappa shape index (κ2) is 36.6. The maximum atomic E-state index is 5.41. The molecular formula is C19H55N3O5. The topological polar surface area (TPSA) is 78.7 Å². The third-order valence-electron chi connectivity index (χ3n) is 2.48. The van der Waals surface area contributed by atoms with Gasteiger partial charge in [0.25, 0.3) is 0 Å². The molecule has 0 atom stereocenters. The van der Waals surface area contributed by atoms with E-state index < -0.39 is 0 Å². The maximum Gasteiger partial charge on any atom is 0.150 e. The fraction of sp³-hybridized carbons (Fsp3) is 1.00. The van der Waals surface area contributed by atoms with Crippen LogP contribution in [0.2, 0.25) is 0 Å². The Morgan fingerprint density at radius 1 is 0.778 bits per heavy atom. The smallest absolute Gasteiger partial charge is 0.150 e. The van der Waals surface area contributed by atoms with Gasteiger partial charge in [-0.25, -0.2) is 0 Å². The Bertz CT molecular complexity index is 216. The van der Waals surface area contributed by atoms with Gasteiger partial charge in [0.15, 0.2) is 0 Å². The van der Waals surface area contributed by atoms with Gasteiger partial charge in [0.1, 0.15) is 33.8 Å². The molecule has 1 rings (SSSR count). The molecule has 0 aromatic heterocycles. The third kappa shape index (κ3) is 30.6. The van der Waals surface area contributed by atoms with Crippen molar-refractivity contribution in [3.8, 4) is 0 Å². The van der Waals surface area contributed by atoms with Crippen molar-refractivity contribution < 1.29 is 23.7 Å². The summed E-state index contributed by atoms with van der Waals surface area (Å²) in [6, 6.07) is 0. The highest BCUT2D eigenvalue weighted by atomic mass is 16.7. The predicted molar refractivity (Wildman–Crippen MR) is 120 cm³/mol. The standard InChI is InChI=1S/C11H25N3O5.C2H6.6CH4/c1-13-2-4-15-10-16-5-3-14(8-17-6-12)9-19-11-18-7-13;1-2;;;;;;/h2-12H2,1H3;1-2H3;6*1H4. The minimum absolute atomic E-state index is 0. The molecular weight excluding hydrogens is 350 g/mol. The maximum absolute atomic E-state index is 5.41. The van der Waals surface area contributed by atoms with Crippen molar-refractivity contribution in [1.29, 1.82) is 0 Å². The molecule has 0 aromatic rings. The van der Waals surface area contributed by atoms with Crippen LogP contribution in [0.4, 0.5) is 0 Å². The molecule has 0 spiro atoms. The summed E-state index contributed by atoms with van der Waals surface area (Å²) in [4.78, 5) is 3.94. The summed E-state index contributed by atoms with van der Waals surface area (Å²) in [6.45, 7) is 8.67. The normalized spacial score (nSPS) is 16.4. The van der Waals surface area contributed by atoms with Gasteiger partial charge in [0.05, 0.1) is 19.9 Å². The van der Waals surface area contributed by atoms with E-state index in [9.17, 15) is 0 Å². The Hall–Kier alpha value is -0.320. The van der Waals surface area contributed by atoms with E-state index in [0.717, 1.165) is 6.54 Å². The van der Waals surface area contributed by atoms with Gasteiger partial charge in [0, 0.05) is 13.1 Å². The molecule has 0 unspecified atom stereocenters. The molecule has 176 valence electrons. The molecule has 0 aromatic carbocycles. The van der Waals surface area contributed by atoms with E-state index in [-0.39, 0.29) is 58.1 Å². The molecule has 8 nitrogen and oxygen atoms in total. The number of nitrogens with zero attached hydrogens (tertiary/aromatic N) is 2. The number of likely N-dealkylation sites (N-methyl/N-ethyl adjacent to an activating group) is 1. The lowest BCUT2D eigenvalue weighted by molar-refractivity contribution is -0.142. The second-order valence-corrected chi connectivity index (χ2v) is 4.19. The zero-order chi connectivity index (χ0) is 15.8. The highest BCUT2D eigenvalue weighted by Crippen LogP contribution is 1.94. The van der Waals surface area contributed by atoms with E-state index in [0.29, 0.717) is 46.7 Å². The quantitative estimate of drug-likeness (QED) is 0.709. The van der Waals surface area contributed by atoms with Gasteiger partial charge in [-0.2, -0.15) is 0 Å². The summed E-state index contributed by atoms with van der Waals surface area (Å²) in [7, 11) is 1.96. The first-order valence-corrected chi connectivity index (χ1v) is 7.32. The van der Waals surface area contributed by atoms with Gasteiger partial charge in [-0.1, -0.05) is 58.4 Å². The lowest BCUT2D eigenvalue weighted by Gasteiger charge is -2.23. The molecule has 1 saturated heterocycles. The number of nitrogens with two attached hydrogens (primary N) is 1. The van der Waals surface area contributed by atoms with E-state index in [1.807, 2.05) is 30.7 Å². The molecule has 1 aliphatic rings. The Labute approximate surface area is 172 Å². The van der Waals surface area contributed by atoms with Crippen LogP contribution in [0.25, 0.3) is 0 Å². The third-order valence-corrected chi connectivity index (χ3v) is 2.48. The van der Waals surface area contributed by atoms with Gasteiger partial charge in [-0.15, -0.1) is 0 Å². The van der Waals surface area contributed by atoms with Crippen LogP contribution >= 0.6 is 0 Å². The first kappa shape index (κ1) is 45.4. The second-order valence-electron chi connectivity index (χ2n) is 4.19. The van der Waals surface area contributed by atoms with E-state index >= 15 is 0 Å². The number of rotatable bonds is 3. The van der Waals surface area contributed by atoms with Crippen molar-refractivity contribution in [2.75, 3.05) is 73.9 Å². The van der Waals surface area contributed by atoms with Gasteiger partial charge in [-0.05, 0) is 7.05 Å². The number of hydrogen-bond acceptors (Lipinski definition) is 8. The van der Waals surface area contributed by atoms with Gasteiger partial charge in [0.2, 0.25) is 0 Å². The van der Waals surface area contributed by atoms with Crippen molar-refractivity contribution in [3.63, 3.8) is 0 Å². The summed E-state index contributed by atoms with van der Waals surface area (Å²) in [5.41, 5.74) is 5.30. The summed E-state index contributed by atoms with van der Waals surface area (Å²) < 4.78 is 26.6. The zero-order valence-corrected chi connectivity index (χ0v) is 13.6. The summed E-state index contributed by atoms with van der Waals surface area (Å²) in [5.74, 6) is 0. The molecule has 0 saturated carbocycles. The van der Waals surface area contributed by atoms with E-state index in [4.69, 9.17) is 29.4 Å². The summed E-state index contributed by atoms with van der Waals surface area (Å²) in [5, 5.41) is 0. The Kier molecular flexibility index (Phi) is 61.5. The van der Waals surface area contributed by atoms with Crippen molar-refractivity contribution >= 4 is 0 Å². The lowest BCUT2D eigenvalue weighted by atomic mass is 10.6. The molecule has 2 N–H and O–H groups in total. The molecule has 0 amide bonds. The molecule has 1 aliphatic heterocycles. The molecule has 0 bridgehead atoms. The van der Waals surface area contributed by atoms with Crippen molar-refractivity contribution in [3.05, 3.63) is 0 Å². The fourth-order valence-electron chi connectivity index (χ4n) is 1.42. The highest BCUT2D eigenvalue weighted by molar-refractivity contribution is 4.47. The van der Waals surface area contributed by atoms with Gasteiger partial charge >= 0.3 is 0 Å². The average Bonchev–Trinajstić information content (AvgIpc) is 2.51. The van der Waals surface area contributed by atoms with Crippen LogP contribution in [0, 0.1) is 0 Å². The Morgan fingerprint density at radius 3 is 1.81 bits per heavy atom. The summed E-state index contributed by atoms with van der Waals surface area (Å²) in [6.07, 6.45) is 0. The zero-order valence-electron chi connectivity index (χ0n) is 13.6. The first-order chi connectivity index (χ1) is 10.3. The average molecular weight is 406 g/mol. The minimum Gasteiger partial charge on any atom is -0.354 e. The number of hydrogen-bond donors (Lipinski definition) is 1. The van der Waals surface area contributed by atoms with Crippen molar-refractivity contribution in [2.24, 2.45) is 5.73 Å². The molecule has 0 aliphatic carbocycles. The molecule has 27 heavy (non-hydrogen) atoms. The Morgan fingerprint density at radius 2 is 1.26 bits per heavy atom. The van der Waals surface area contributed by atoms with Crippen LogP contribution in [0.1, 0.15) is 58.4 Å². The molecule has 1 heterocycles. The first-order valence-electron chi connectivity index (χ1n) is 7.32. The van der Waals surface area contributed by atoms with Crippen LogP contribution in [0.5, 0.6) is 0 Å². The fourth-order valence-corrected chi connectivity index (χ4v) is 1.42. The minimum atomic E-state index is 0. The van der Waals surface area contributed by atoms with Gasteiger partial charge < -0.3 is 29.4 Å². The molecule has 1 fully saturated rings. The monoisotopic (exact) mass is 405 g/mol. The largest absolute Gasteiger partial charge is 0.354 e. The lowest BCUT2D eigenvalue weighted by Crippen LogP contribution is -2.34. The van der Waals surface area contributed by atoms with Crippen LogP contribution < -0.4 is 5.73 Å². The van der Waals surface area contributed by atoms with Gasteiger partial charge in [-0.3, -0.25) is 9.80 Å².